The zero-order valence-electron chi connectivity index (χ0n) is 16.4. The van der Waals surface area contributed by atoms with Crippen LogP contribution in [-0.2, 0) is 13.1 Å². The first-order valence-electron chi connectivity index (χ1n) is 8.85. The van der Waals surface area contributed by atoms with Crippen LogP contribution in [-0.4, -0.2) is 56.0 Å². The van der Waals surface area contributed by atoms with E-state index in [1.54, 1.807) is 18.4 Å². The second-order valence-electron chi connectivity index (χ2n) is 6.40. The Balaban J connectivity index is 1.84. The van der Waals surface area contributed by atoms with Crippen molar-refractivity contribution in [2.24, 2.45) is 4.99 Å². The Morgan fingerprint density at radius 2 is 2.00 bits per heavy atom. The van der Waals surface area contributed by atoms with E-state index in [2.05, 4.69) is 25.9 Å². The lowest BCUT2D eigenvalue weighted by Gasteiger charge is -2.12. The summed E-state index contributed by atoms with van der Waals surface area (Å²) in [5.74, 6) is 0.643. The molecule has 0 radical (unpaired) electrons. The molecule has 27 heavy (non-hydrogen) atoms. The van der Waals surface area contributed by atoms with Crippen molar-refractivity contribution in [3.05, 3.63) is 51.5 Å². The number of guanidine groups is 1. The Bertz CT molecular complexity index is 771. The molecule has 146 valence electrons. The molecule has 7 nitrogen and oxygen atoms in total. The van der Waals surface area contributed by atoms with Crippen LogP contribution in [0.3, 0.4) is 0 Å². The number of hydrogen-bond donors (Lipinski definition) is 3. The molecule has 0 aliphatic rings. The number of benzene rings is 1. The lowest BCUT2D eigenvalue weighted by molar-refractivity contribution is 0.0951. The van der Waals surface area contributed by atoms with Gasteiger partial charge in [-0.05, 0) is 38.7 Å². The summed E-state index contributed by atoms with van der Waals surface area (Å²) >= 11 is 1.66. The molecule has 0 spiro atoms. The first kappa shape index (κ1) is 20.9. The van der Waals surface area contributed by atoms with Gasteiger partial charge >= 0.3 is 0 Å². The molecule has 1 aromatic heterocycles. The number of aliphatic imine (C=N–C) groups is 1. The fourth-order valence-corrected chi connectivity index (χ4v) is 3.09. The van der Waals surface area contributed by atoms with Gasteiger partial charge in [-0.1, -0.05) is 12.1 Å². The van der Waals surface area contributed by atoms with Gasteiger partial charge in [0, 0.05) is 43.3 Å². The molecule has 0 aliphatic heterocycles. The molecule has 1 heterocycles. The van der Waals surface area contributed by atoms with Gasteiger partial charge in [-0.25, -0.2) is 4.98 Å². The van der Waals surface area contributed by atoms with E-state index in [0.29, 0.717) is 31.2 Å². The van der Waals surface area contributed by atoms with E-state index in [4.69, 9.17) is 0 Å². The van der Waals surface area contributed by atoms with Crippen molar-refractivity contribution in [3.63, 3.8) is 0 Å². The Kier molecular flexibility index (Phi) is 8.22. The number of carbonyl (C=O) groups is 1. The molecular formula is C19H28N6OS. The minimum absolute atomic E-state index is 0.0552. The standard InChI is InChI=1S/C19H28N6OS/c1-14-11-22-17(27-14)13-24-19(20-2)23-12-15-6-5-7-16(10-15)18(26)21-8-9-25(3)4/h5-7,10-11H,8-9,12-13H2,1-4H3,(H,21,26)(H2,20,23,24). The van der Waals surface area contributed by atoms with Crippen molar-refractivity contribution < 1.29 is 4.79 Å². The molecule has 2 rings (SSSR count). The van der Waals surface area contributed by atoms with Crippen molar-refractivity contribution in [1.29, 1.82) is 0 Å². The monoisotopic (exact) mass is 388 g/mol. The maximum absolute atomic E-state index is 12.2. The van der Waals surface area contributed by atoms with Crippen LogP contribution in [0.1, 0.15) is 25.8 Å². The van der Waals surface area contributed by atoms with Gasteiger partial charge in [0.05, 0.1) is 6.54 Å². The SMILES string of the molecule is CN=C(NCc1cccc(C(=O)NCCN(C)C)c1)NCc1ncc(C)s1. The van der Waals surface area contributed by atoms with Crippen LogP contribution in [0.4, 0.5) is 0 Å². The third-order valence-electron chi connectivity index (χ3n) is 3.79. The zero-order valence-corrected chi connectivity index (χ0v) is 17.2. The highest BCUT2D eigenvalue weighted by Gasteiger charge is 2.07. The number of carbonyl (C=O) groups excluding carboxylic acids is 1. The van der Waals surface area contributed by atoms with Crippen LogP contribution in [0.2, 0.25) is 0 Å². The van der Waals surface area contributed by atoms with Crippen molar-refractivity contribution in [2.75, 3.05) is 34.2 Å². The molecule has 0 bridgehead atoms. The molecule has 0 aliphatic carbocycles. The maximum Gasteiger partial charge on any atom is 0.251 e. The van der Waals surface area contributed by atoms with Gasteiger partial charge in [0.15, 0.2) is 5.96 Å². The van der Waals surface area contributed by atoms with Crippen molar-refractivity contribution in [1.82, 2.24) is 25.8 Å². The number of hydrogen-bond acceptors (Lipinski definition) is 5. The summed E-state index contributed by atoms with van der Waals surface area (Å²) < 4.78 is 0. The molecule has 2 aromatic rings. The topological polar surface area (TPSA) is 81.7 Å². The predicted octanol–water partition coefficient (Wildman–Crippen LogP) is 1.61. The first-order chi connectivity index (χ1) is 13.0. The lowest BCUT2D eigenvalue weighted by Crippen LogP contribution is -2.36. The van der Waals surface area contributed by atoms with E-state index in [0.717, 1.165) is 17.1 Å². The van der Waals surface area contributed by atoms with E-state index in [1.807, 2.05) is 56.4 Å². The fraction of sp³-hybridized carbons (Fsp3) is 0.421. The summed E-state index contributed by atoms with van der Waals surface area (Å²) in [4.78, 5) is 24.0. The largest absolute Gasteiger partial charge is 0.352 e. The number of amides is 1. The number of nitrogens with zero attached hydrogens (tertiary/aromatic N) is 3. The first-order valence-corrected chi connectivity index (χ1v) is 9.67. The molecule has 0 saturated heterocycles. The summed E-state index contributed by atoms with van der Waals surface area (Å²) in [6, 6.07) is 7.61. The minimum Gasteiger partial charge on any atom is -0.352 e. The Labute approximate surface area is 164 Å². The van der Waals surface area contributed by atoms with Crippen LogP contribution >= 0.6 is 11.3 Å². The highest BCUT2D eigenvalue weighted by molar-refractivity contribution is 7.11. The van der Waals surface area contributed by atoms with Gasteiger partial charge in [0.2, 0.25) is 0 Å². The summed E-state index contributed by atoms with van der Waals surface area (Å²) in [7, 11) is 5.70. The van der Waals surface area contributed by atoms with E-state index >= 15 is 0 Å². The number of aryl methyl sites for hydroxylation is 1. The van der Waals surface area contributed by atoms with Crippen molar-refractivity contribution >= 4 is 23.2 Å². The number of aromatic nitrogens is 1. The van der Waals surface area contributed by atoms with Crippen molar-refractivity contribution in [2.45, 2.75) is 20.0 Å². The maximum atomic E-state index is 12.2. The van der Waals surface area contributed by atoms with Gasteiger partial charge in [-0.2, -0.15) is 0 Å². The zero-order chi connectivity index (χ0) is 19.6. The number of likely N-dealkylation sites (N-methyl/N-ethyl adjacent to an activating group) is 1. The third-order valence-corrected chi connectivity index (χ3v) is 4.71. The summed E-state index contributed by atoms with van der Waals surface area (Å²) in [6.07, 6.45) is 1.87. The van der Waals surface area contributed by atoms with E-state index < -0.39 is 0 Å². The molecular weight excluding hydrogens is 360 g/mol. The molecule has 0 unspecified atom stereocenters. The second-order valence-corrected chi connectivity index (χ2v) is 7.72. The number of rotatable bonds is 8. The quantitative estimate of drug-likeness (QED) is 0.473. The Morgan fingerprint density at radius 3 is 2.67 bits per heavy atom. The smallest absolute Gasteiger partial charge is 0.251 e. The molecule has 3 N–H and O–H groups in total. The van der Waals surface area contributed by atoms with E-state index in [1.165, 1.54) is 4.88 Å². The van der Waals surface area contributed by atoms with Crippen molar-refractivity contribution in [3.8, 4) is 0 Å². The fourth-order valence-electron chi connectivity index (χ4n) is 2.37. The van der Waals surface area contributed by atoms with Crippen LogP contribution < -0.4 is 16.0 Å². The van der Waals surface area contributed by atoms with Gasteiger partial charge < -0.3 is 20.9 Å². The highest BCUT2D eigenvalue weighted by atomic mass is 32.1. The Hall–Kier alpha value is -2.45. The van der Waals surface area contributed by atoms with Crippen LogP contribution in [0, 0.1) is 6.92 Å². The summed E-state index contributed by atoms with van der Waals surface area (Å²) in [6.45, 7) is 4.69. The Morgan fingerprint density at radius 1 is 1.22 bits per heavy atom. The molecule has 0 saturated carbocycles. The summed E-state index contributed by atoms with van der Waals surface area (Å²) in [5, 5.41) is 10.5. The van der Waals surface area contributed by atoms with Gasteiger partial charge in [0.25, 0.3) is 5.91 Å². The molecule has 8 heteroatoms. The van der Waals surface area contributed by atoms with Crippen LogP contribution in [0.5, 0.6) is 0 Å². The second kappa shape index (κ2) is 10.6. The number of nitrogens with one attached hydrogen (secondary N) is 3. The average Bonchev–Trinajstić information content (AvgIpc) is 3.07. The van der Waals surface area contributed by atoms with Crippen LogP contribution in [0.15, 0.2) is 35.5 Å². The predicted molar refractivity (Wildman–Crippen MR) is 111 cm³/mol. The third kappa shape index (κ3) is 7.36. The summed E-state index contributed by atoms with van der Waals surface area (Å²) in [5.41, 5.74) is 1.68. The van der Waals surface area contributed by atoms with E-state index in [9.17, 15) is 4.79 Å². The normalized spacial score (nSPS) is 11.5. The highest BCUT2D eigenvalue weighted by Crippen LogP contribution is 2.10. The molecule has 1 aromatic carbocycles. The van der Waals surface area contributed by atoms with E-state index in [-0.39, 0.29) is 5.91 Å². The number of thiazole rings is 1. The lowest BCUT2D eigenvalue weighted by atomic mass is 10.1. The van der Waals surface area contributed by atoms with Gasteiger partial charge in [-0.15, -0.1) is 11.3 Å². The molecule has 0 atom stereocenters. The minimum atomic E-state index is -0.0552. The van der Waals surface area contributed by atoms with Gasteiger partial charge in [0.1, 0.15) is 5.01 Å². The molecule has 1 amide bonds. The van der Waals surface area contributed by atoms with Crippen LogP contribution in [0.25, 0.3) is 0 Å². The van der Waals surface area contributed by atoms with Gasteiger partial charge in [-0.3, -0.25) is 9.79 Å². The average molecular weight is 389 g/mol. The molecule has 0 fully saturated rings.